The minimum atomic E-state index is -0.230. The Labute approximate surface area is 176 Å². The fourth-order valence-corrected chi connectivity index (χ4v) is 6.31. The second kappa shape index (κ2) is 7.84. The minimum absolute atomic E-state index is 0.220. The van der Waals surface area contributed by atoms with Crippen molar-refractivity contribution in [1.29, 1.82) is 0 Å². The molecule has 0 saturated carbocycles. The standard InChI is InChI=1S/C22H25NO2SSi2/c1-22(2,21(24-27-4)25-28-5)14-10-11-18-16(12-14)17-13-26-19-9-7-6-8-15(19)20(17)23(18)3/h6-12,21H,13H2,1-5H3. The first-order valence-electron chi connectivity index (χ1n) is 9.47. The maximum Gasteiger partial charge on any atom is 0.229 e. The largest absolute Gasteiger partial charge is 0.393 e. The number of hydrogen-bond acceptors (Lipinski definition) is 3. The van der Waals surface area contributed by atoms with E-state index < -0.39 is 0 Å². The smallest absolute Gasteiger partial charge is 0.229 e. The predicted octanol–water partition coefficient (Wildman–Crippen LogP) is 5.42. The van der Waals surface area contributed by atoms with E-state index in [2.05, 4.69) is 81.0 Å². The Kier molecular flexibility index (Phi) is 5.59. The third-order valence-corrected chi connectivity index (χ3v) is 7.60. The van der Waals surface area contributed by atoms with Gasteiger partial charge in [-0.25, -0.2) is 0 Å². The molecule has 2 aromatic carbocycles. The van der Waals surface area contributed by atoms with E-state index in [1.165, 1.54) is 38.2 Å². The maximum atomic E-state index is 5.98. The zero-order chi connectivity index (χ0) is 19.9. The van der Waals surface area contributed by atoms with Crippen molar-refractivity contribution in [1.82, 2.24) is 4.57 Å². The molecule has 2 heterocycles. The van der Waals surface area contributed by atoms with E-state index in [0.717, 1.165) is 5.75 Å². The molecule has 0 atom stereocenters. The van der Waals surface area contributed by atoms with Crippen molar-refractivity contribution < 1.29 is 8.85 Å². The first-order valence-corrected chi connectivity index (χ1v) is 13.3. The number of hydrogen-bond donors (Lipinski definition) is 0. The predicted molar refractivity (Wildman–Crippen MR) is 120 cm³/mol. The molecule has 0 N–H and O–H groups in total. The highest BCUT2D eigenvalue weighted by Gasteiger charge is 2.33. The van der Waals surface area contributed by atoms with Gasteiger partial charge in [0.2, 0.25) is 19.5 Å². The molecular formula is C22H25NO2SSi2. The summed E-state index contributed by atoms with van der Waals surface area (Å²) >= 11 is 1.93. The van der Waals surface area contributed by atoms with Gasteiger partial charge in [-0.1, -0.05) is 38.1 Å². The average Bonchev–Trinajstić information content (AvgIpc) is 3.00. The molecule has 4 rings (SSSR count). The SMILES string of the molecule is C[Si]OC(O[Si]C)C(C)(C)c1ccc2c(c1)c1c(n2C)-c2ccccc2SC1. The quantitative estimate of drug-likeness (QED) is 0.390. The van der Waals surface area contributed by atoms with Crippen LogP contribution >= 0.6 is 11.8 Å². The average molecular weight is 424 g/mol. The second-order valence-electron chi connectivity index (χ2n) is 7.60. The molecule has 28 heavy (non-hydrogen) atoms. The molecule has 3 aromatic rings. The van der Waals surface area contributed by atoms with Gasteiger partial charge >= 0.3 is 0 Å². The van der Waals surface area contributed by atoms with Crippen molar-refractivity contribution in [3.63, 3.8) is 0 Å². The van der Waals surface area contributed by atoms with E-state index >= 15 is 0 Å². The van der Waals surface area contributed by atoms with Crippen molar-refractivity contribution in [3.8, 4) is 11.3 Å². The first kappa shape index (κ1) is 20.0. The normalized spacial score (nSPS) is 13.8. The zero-order valence-electron chi connectivity index (χ0n) is 17.0. The molecule has 0 aliphatic carbocycles. The van der Waals surface area contributed by atoms with Crippen LogP contribution in [0.15, 0.2) is 47.4 Å². The molecule has 0 amide bonds. The lowest BCUT2D eigenvalue weighted by molar-refractivity contribution is -0.0432. The van der Waals surface area contributed by atoms with Gasteiger partial charge in [0.25, 0.3) is 0 Å². The fourth-order valence-electron chi connectivity index (χ4n) is 4.02. The van der Waals surface area contributed by atoms with E-state index in [1.807, 2.05) is 11.8 Å². The molecule has 1 aliphatic heterocycles. The number of fused-ring (bicyclic) bond motifs is 5. The van der Waals surface area contributed by atoms with Crippen LogP contribution in [0.5, 0.6) is 0 Å². The summed E-state index contributed by atoms with van der Waals surface area (Å²) in [6, 6.07) is 15.6. The van der Waals surface area contributed by atoms with Gasteiger partial charge in [0, 0.05) is 39.6 Å². The van der Waals surface area contributed by atoms with Crippen LogP contribution in [0.1, 0.15) is 25.0 Å². The number of aromatic nitrogens is 1. The van der Waals surface area contributed by atoms with Crippen molar-refractivity contribution in [3.05, 3.63) is 53.6 Å². The highest BCUT2D eigenvalue weighted by Crippen LogP contribution is 2.46. The Bertz CT molecular complexity index is 1010. The van der Waals surface area contributed by atoms with Crippen molar-refractivity contribution in [2.24, 2.45) is 7.05 Å². The van der Waals surface area contributed by atoms with Crippen LogP contribution in [-0.4, -0.2) is 30.4 Å². The summed E-state index contributed by atoms with van der Waals surface area (Å²) in [5.41, 5.74) is 6.47. The van der Waals surface area contributed by atoms with E-state index in [-0.39, 0.29) is 11.7 Å². The number of thioether (sulfide) groups is 1. The summed E-state index contributed by atoms with van der Waals surface area (Å²) in [5, 5.41) is 1.35. The summed E-state index contributed by atoms with van der Waals surface area (Å²) in [6.45, 7) is 8.55. The Morgan fingerprint density at radius 1 is 1.07 bits per heavy atom. The molecule has 0 bridgehead atoms. The van der Waals surface area contributed by atoms with Crippen LogP contribution in [0.4, 0.5) is 0 Å². The lowest BCUT2D eigenvalue weighted by Crippen LogP contribution is -2.39. The van der Waals surface area contributed by atoms with Gasteiger partial charge in [-0.3, -0.25) is 0 Å². The molecule has 6 heteroatoms. The van der Waals surface area contributed by atoms with Crippen molar-refractivity contribution in [2.75, 3.05) is 0 Å². The van der Waals surface area contributed by atoms with E-state index in [4.69, 9.17) is 8.85 Å². The van der Waals surface area contributed by atoms with E-state index in [1.54, 1.807) is 0 Å². The van der Waals surface area contributed by atoms with Crippen LogP contribution < -0.4 is 0 Å². The van der Waals surface area contributed by atoms with Crippen LogP contribution in [0.3, 0.4) is 0 Å². The first-order chi connectivity index (χ1) is 13.5. The monoisotopic (exact) mass is 423 g/mol. The lowest BCUT2D eigenvalue weighted by atomic mass is 9.83. The molecule has 0 fully saturated rings. The molecule has 0 unspecified atom stereocenters. The molecule has 0 spiro atoms. The summed E-state index contributed by atoms with van der Waals surface area (Å²) in [7, 11) is 3.00. The Balaban J connectivity index is 1.85. The van der Waals surface area contributed by atoms with Gasteiger partial charge in [0.05, 0.1) is 5.69 Å². The van der Waals surface area contributed by atoms with E-state index in [0.29, 0.717) is 19.5 Å². The second-order valence-corrected chi connectivity index (χ2v) is 9.91. The van der Waals surface area contributed by atoms with Crippen LogP contribution in [0.2, 0.25) is 13.1 Å². The molecule has 3 nitrogen and oxygen atoms in total. The van der Waals surface area contributed by atoms with Gasteiger partial charge in [-0.05, 0) is 42.4 Å². The fraction of sp³-hybridized carbons (Fsp3) is 0.364. The summed E-state index contributed by atoms with van der Waals surface area (Å²) < 4.78 is 14.3. The third-order valence-electron chi connectivity index (χ3n) is 5.60. The summed E-state index contributed by atoms with van der Waals surface area (Å²) in [5.74, 6) is 1.01. The molecule has 144 valence electrons. The highest BCUT2D eigenvalue weighted by atomic mass is 32.2. The Morgan fingerprint density at radius 2 is 1.79 bits per heavy atom. The summed E-state index contributed by atoms with van der Waals surface area (Å²) in [4.78, 5) is 1.37. The minimum Gasteiger partial charge on any atom is -0.393 e. The lowest BCUT2D eigenvalue weighted by Gasteiger charge is -2.34. The molecule has 4 radical (unpaired) electrons. The topological polar surface area (TPSA) is 23.4 Å². The van der Waals surface area contributed by atoms with Crippen molar-refractivity contribution in [2.45, 2.75) is 49.3 Å². The van der Waals surface area contributed by atoms with Gasteiger partial charge in [0.1, 0.15) is 6.29 Å². The van der Waals surface area contributed by atoms with Gasteiger partial charge in [-0.15, -0.1) is 11.8 Å². The van der Waals surface area contributed by atoms with Crippen LogP contribution in [0.25, 0.3) is 22.2 Å². The van der Waals surface area contributed by atoms with Crippen LogP contribution in [-0.2, 0) is 27.1 Å². The molecule has 0 saturated heterocycles. The molecule has 1 aliphatic rings. The number of benzene rings is 2. The van der Waals surface area contributed by atoms with Gasteiger partial charge in [0.15, 0.2) is 0 Å². The van der Waals surface area contributed by atoms with E-state index in [9.17, 15) is 0 Å². The Hall–Kier alpha value is -1.32. The highest BCUT2D eigenvalue weighted by molar-refractivity contribution is 7.98. The zero-order valence-corrected chi connectivity index (χ0v) is 19.8. The van der Waals surface area contributed by atoms with Gasteiger partial charge in [-0.2, -0.15) is 0 Å². The summed E-state index contributed by atoms with van der Waals surface area (Å²) in [6.07, 6.45) is -0.230. The number of nitrogens with zero attached hydrogens (tertiary/aromatic N) is 1. The maximum absolute atomic E-state index is 5.98. The molecule has 1 aromatic heterocycles. The van der Waals surface area contributed by atoms with Crippen LogP contribution in [0, 0.1) is 0 Å². The Morgan fingerprint density at radius 3 is 2.50 bits per heavy atom. The van der Waals surface area contributed by atoms with Gasteiger partial charge < -0.3 is 13.4 Å². The molecular weight excluding hydrogens is 398 g/mol. The number of aryl methyl sites for hydroxylation is 1. The number of rotatable bonds is 6. The van der Waals surface area contributed by atoms with Crippen molar-refractivity contribution >= 4 is 42.2 Å². The third kappa shape index (κ3) is 3.21.